The first kappa shape index (κ1) is 16.5. The zero-order valence-electron chi connectivity index (χ0n) is 12.6. The van der Waals surface area contributed by atoms with Gasteiger partial charge >= 0.3 is 6.01 Å². The van der Waals surface area contributed by atoms with Crippen LogP contribution in [0.3, 0.4) is 0 Å². The van der Waals surface area contributed by atoms with Crippen molar-refractivity contribution in [3.05, 3.63) is 59.2 Å². The van der Waals surface area contributed by atoms with Gasteiger partial charge in [0.15, 0.2) is 5.82 Å². The summed E-state index contributed by atoms with van der Waals surface area (Å²) in [5.74, 6) is -0.954. The van der Waals surface area contributed by atoms with Crippen LogP contribution in [-0.4, -0.2) is 16.6 Å². The number of hydrogen-bond acceptors (Lipinski definition) is 6. The van der Waals surface area contributed by atoms with Crippen molar-refractivity contribution in [2.75, 3.05) is 11.9 Å². The zero-order chi connectivity index (χ0) is 16.8. The van der Waals surface area contributed by atoms with E-state index in [1.807, 2.05) is 6.92 Å². The Morgan fingerprint density at radius 2 is 2.13 bits per heavy atom. The molecule has 0 fully saturated rings. The quantitative estimate of drug-likeness (QED) is 0.795. The molecule has 0 atom stereocenters. The molecule has 1 aromatic carbocycles. The minimum absolute atomic E-state index is 0.0276. The first-order valence-electron chi connectivity index (χ1n) is 6.70. The molecule has 0 radical (unpaired) electrons. The van der Waals surface area contributed by atoms with Crippen LogP contribution in [0.2, 0.25) is 0 Å². The van der Waals surface area contributed by atoms with Gasteiger partial charge in [0.1, 0.15) is 18.1 Å². The van der Waals surface area contributed by atoms with E-state index in [1.54, 1.807) is 12.1 Å². The molecular weight excluding hydrogens is 304 g/mol. The Morgan fingerprint density at radius 1 is 1.35 bits per heavy atom. The maximum atomic E-state index is 13.6. The van der Waals surface area contributed by atoms with Crippen molar-refractivity contribution in [1.29, 1.82) is 5.53 Å². The van der Waals surface area contributed by atoms with Crippen molar-refractivity contribution in [2.24, 2.45) is 5.11 Å². The summed E-state index contributed by atoms with van der Waals surface area (Å²) in [6.45, 7) is 3.20. The molecule has 0 amide bonds. The van der Waals surface area contributed by atoms with Crippen molar-refractivity contribution in [3.63, 3.8) is 0 Å². The molecule has 0 spiro atoms. The van der Waals surface area contributed by atoms with Crippen molar-refractivity contribution in [1.82, 2.24) is 9.97 Å². The average molecular weight is 319 g/mol. The van der Waals surface area contributed by atoms with Gasteiger partial charge in [0, 0.05) is 6.20 Å². The molecule has 23 heavy (non-hydrogen) atoms. The second-order valence-electron chi connectivity index (χ2n) is 4.75. The number of aromatic nitrogens is 2. The second-order valence-corrected chi connectivity index (χ2v) is 4.75. The summed E-state index contributed by atoms with van der Waals surface area (Å²) in [4.78, 5) is 7.47. The minimum Gasteiger partial charge on any atom is -0.457 e. The van der Waals surface area contributed by atoms with Gasteiger partial charge in [-0.15, -0.1) is 0 Å². The Bertz CT molecular complexity index is 749. The molecule has 0 aliphatic heterocycles. The lowest BCUT2D eigenvalue weighted by atomic mass is 10.2. The first-order chi connectivity index (χ1) is 11.0. The summed E-state index contributed by atoms with van der Waals surface area (Å²) in [5.41, 5.74) is 8.60. The lowest BCUT2D eigenvalue weighted by Gasteiger charge is -2.07. The van der Waals surface area contributed by atoms with Gasteiger partial charge in [-0.25, -0.2) is 19.3 Å². The molecule has 0 bridgehead atoms. The minimum atomic E-state index is -0.533. The third-order valence-corrected chi connectivity index (χ3v) is 2.91. The number of nitrogens with zero attached hydrogens (tertiary/aromatic N) is 3. The van der Waals surface area contributed by atoms with E-state index in [4.69, 9.17) is 10.3 Å². The van der Waals surface area contributed by atoms with Gasteiger partial charge in [-0.3, -0.25) is 0 Å². The van der Waals surface area contributed by atoms with Gasteiger partial charge in [-0.05, 0) is 31.5 Å². The van der Waals surface area contributed by atoms with E-state index in [9.17, 15) is 8.78 Å². The third kappa shape index (κ3) is 4.53. The van der Waals surface area contributed by atoms with Crippen LogP contribution < -0.4 is 10.1 Å². The number of rotatable bonds is 6. The van der Waals surface area contributed by atoms with Gasteiger partial charge in [-0.2, -0.15) is 10.1 Å². The highest BCUT2D eigenvalue weighted by atomic mass is 19.1. The number of anilines is 1. The van der Waals surface area contributed by atoms with E-state index >= 15 is 0 Å². The Balaban J connectivity index is 2.03. The van der Waals surface area contributed by atoms with Gasteiger partial charge < -0.3 is 10.1 Å². The van der Waals surface area contributed by atoms with Gasteiger partial charge in [0.2, 0.25) is 0 Å². The van der Waals surface area contributed by atoms with Crippen LogP contribution in [0.1, 0.15) is 11.3 Å². The molecule has 2 rings (SSSR count). The average Bonchev–Trinajstić information content (AvgIpc) is 2.54. The van der Waals surface area contributed by atoms with Crippen LogP contribution in [0.15, 0.2) is 41.4 Å². The van der Waals surface area contributed by atoms with Crippen molar-refractivity contribution < 1.29 is 13.5 Å². The molecule has 0 aliphatic carbocycles. The van der Waals surface area contributed by atoms with E-state index in [2.05, 4.69) is 20.4 Å². The summed E-state index contributed by atoms with van der Waals surface area (Å²) in [6, 6.07) is 4.59. The van der Waals surface area contributed by atoms with Gasteiger partial charge in [-0.1, -0.05) is 6.07 Å². The zero-order valence-corrected chi connectivity index (χ0v) is 12.6. The summed E-state index contributed by atoms with van der Waals surface area (Å²) < 4.78 is 31.9. The molecule has 1 aromatic heterocycles. The monoisotopic (exact) mass is 319 g/mol. The standard InChI is InChI=1S/C15H15F2N5O/c1-9-3-4-12(16)14(5-9)19-6-11(22-18)8-23-15-20-7-13(17)10(2)21-15/h3-7,18-19H,8H2,1-2H3/b11-6-,22-18?. The van der Waals surface area contributed by atoms with Crippen LogP contribution in [0.4, 0.5) is 14.5 Å². The van der Waals surface area contributed by atoms with Crippen LogP contribution in [0.25, 0.3) is 0 Å². The van der Waals surface area contributed by atoms with Crippen LogP contribution in [-0.2, 0) is 0 Å². The molecular formula is C15H15F2N5O. The highest BCUT2D eigenvalue weighted by Gasteiger charge is 2.06. The molecule has 120 valence electrons. The second kappa shape index (κ2) is 7.39. The molecule has 0 saturated carbocycles. The van der Waals surface area contributed by atoms with Crippen LogP contribution in [0.5, 0.6) is 6.01 Å². The number of benzene rings is 1. The third-order valence-electron chi connectivity index (χ3n) is 2.91. The van der Waals surface area contributed by atoms with E-state index < -0.39 is 11.6 Å². The maximum Gasteiger partial charge on any atom is 0.317 e. The van der Waals surface area contributed by atoms with Crippen LogP contribution in [0, 0.1) is 31.0 Å². The molecule has 6 nitrogen and oxygen atoms in total. The lowest BCUT2D eigenvalue weighted by molar-refractivity contribution is 0.317. The SMILES string of the molecule is Cc1ccc(F)c(N/C=C(/COc2ncc(F)c(C)n2)N=N)c1. The Morgan fingerprint density at radius 3 is 2.83 bits per heavy atom. The Kier molecular flexibility index (Phi) is 5.29. The molecule has 2 aromatic rings. The smallest absolute Gasteiger partial charge is 0.317 e. The predicted octanol–water partition coefficient (Wildman–Crippen LogP) is 3.73. The number of nitrogens with one attached hydrogen (secondary N) is 2. The molecule has 0 aliphatic rings. The molecule has 2 N–H and O–H groups in total. The van der Waals surface area contributed by atoms with Crippen LogP contribution >= 0.6 is 0 Å². The molecule has 1 heterocycles. The van der Waals surface area contributed by atoms with Gasteiger partial charge in [0.05, 0.1) is 17.6 Å². The summed E-state index contributed by atoms with van der Waals surface area (Å²) in [5, 5.41) is 6.01. The van der Waals surface area contributed by atoms with Crippen molar-refractivity contribution >= 4 is 5.69 Å². The number of ether oxygens (including phenoxy) is 1. The molecule has 0 unspecified atom stereocenters. The van der Waals surface area contributed by atoms with E-state index in [0.29, 0.717) is 0 Å². The fraction of sp³-hybridized carbons (Fsp3) is 0.200. The molecule has 8 heteroatoms. The van der Waals surface area contributed by atoms with E-state index in [0.717, 1.165) is 11.8 Å². The normalized spacial score (nSPS) is 11.2. The predicted molar refractivity (Wildman–Crippen MR) is 80.2 cm³/mol. The van der Waals surface area contributed by atoms with E-state index in [1.165, 1.54) is 19.2 Å². The van der Waals surface area contributed by atoms with Crippen molar-refractivity contribution in [2.45, 2.75) is 13.8 Å². The largest absolute Gasteiger partial charge is 0.457 e. The number of halogens is 2. The highest BCUT2D eigenvalue weighted by molar-refractivity contribution is 5.49. The first-order valence-corrected chi connectivity index (χ1v) is 6.70. The lowest BCUT2D eigenvalue weighted by Crippen LogP contribution is -2.06. The number of aryl methyl sites for hydroxylation is 2. The fourth-order valence-corrected chi connectivity index (χ4v) is 1.66. The highest BCUT2D eigenvalue weighted by Crippen LogP contribution is 2.16. The maximum absolute atomic E-state index is 13.6. The Labute approximate surface area is 131 Å². The summed E-state index contributed by atoms with van der Waals surface area (Å²) in [6.07, 6.45) is 2.35. The summed E-state index contributed by atoms with van der Waals surface area (Å²) in [7, 11) is 0. The van der Waals surface area contributed by atoms with E-state index in [-0.39, 0.29) is 29.7 Å². The molecule has 0 saturated heterocycles. The Hall–Kier alpha value is -2.90. The topological polar surface area (TPSA) is 83.2 Å². The van der Waals surface area contributed by atoms with Gasteiger partial charge in [0.25, 0.3) is 0 Å². The number of hydrogen-bond donors (Lipinski definition) is 2. The van der Waals surface area contributed by atoms with Crippen molar-refractivity contribution in [3.8, 4) is 6.01 Å². The fourth-order valence-electron chi connectivity index (χ4n) is 1.66. The summed E-state index contributed by atoms with van der Waals surface area (Å²) >= 11 is 0.